The second-order valence-corrected chi connectivity index (χ2v) is 7.27. The molecule has 1 fully saturated rings. The van der Waals surface area contributed by atoms with E-state index in [0.717, 1.165) is 50.2 Å². The molecule has 0 aromatic heterocycles. The second kappa shape index (κ2) is 9.26. The van der Waals surface area contributed by atoms with Gasteiger partial charge in [0.15, 0.2) is 0 Å². The number of carbonyl (C=O) groups excluding carboxylic acids is 1. The Balaban J connectivity index is 0.00000288. The Kier molecular flexibility index (Phi) is 8.31. The van der Waals surface area contributed by atoms with E-state index in [4.69, 9.17) is 4.55 Å². The van der Waals surface area contributed by atoms with E-state index in [-0.39, 0.29) is 45.3 Å². The predicted octanol–water partition coefficient (Wildman–Crippen LogP) is 1.62. The Hall–Kier alpha value is -0.510. The third-order valence-electron chi connectivity index (χ3n) is 3.96. The fraction of sp³-hybridized carbons (Fsp3) is 0.533. The van der Waals surface area contributed by atoms with Crippen LogP contribution in [0.5, 0.6) is 0 Å². The number of carbonyl (C=O) groups is 1. The molecule has 0 saturated carbocycles. The van der Waals surface area contributed by atoms with Gasteiger partial charge in [0.05, 0.1) is 16.5 Å². The number of halogens is 1. The molecule has 1 amide bonds. The molecular formula is C15H22FN2NaO4S. The van der Waals surface area contributed by atoms with Gasteiger partial charge in [0, 0.05) is 6.54 Å². The van der Waals surface area contributed by atoms with Gasteiger partial charge in [0.25, 0.3) is 16.0 Å². The first-order valence-corrected chi connectivity index (χ1v) is 9.02. The van der Waals surface area contributed by atoms with Gasteiger partial charge in [-0.15, -0.1) is 5.12 Å². The van der Waals surface area contributed by atoms with Gasteiger partial charge in [-0.1, -0.05) is 17.8 Å². The van der Waals surface area contributed by atoms with E-state index in [0.29, 0.717) is 6.54 Å². The van der Waals surface area contributed by atoms with E-state index in [9.17, 15) is 17.7 Å². The van der Waals surface area contributed by atoms with E-state index in [2.05, 4.69) is 4.90 Å². The molecule has 1 heterocycles. The number of piperidine rings is 1. The summed E-state index contributed by atoms with van der Waals surface area (Å²) < 4.78 is 45.0. The summed E-state index contributed by atoms with van der Waals surface area (Å²) in [5, 5.41) is 0.0301. The van der Waals surface area contributed by atoms with Crippen LogP contribution in [0.25, 0.3) is 0 Å². The molecule has 1 unspecified atom stereocenters. The Morgan fingerprint density at radius 2 is 1.79 bits per heavy atom. The number of likely N-dealkylation sites (tertiary alicyclic amines) is 1. The summed E-state index contributed by atoms with van der Waals surface area (Å²) in [7, 11) is -4.33. The maximum atomic E-state index is 14.2. The number of anilines is 1. The van der Waals surface area contributed by atoms with Crippen molar-refractivity contribution in [3.8, 4) is 0 Å². The Morgan fingerprint density at radius 1 is 1.25 bits per heavy atom. The minimum absolute atomic E-state index is 0. The molecule has 0 radical (unpaired) electrons. The predicted molar refractivity (Wildman–Crippen MR) is 91.5 cm³/mol. The second-order valence-electron chi connectivity index (χ2n) is 5.85. The van der Waals surface area contributed by atoms with Gasteiger partial charge in [-0.05, 0) is 50.2 Å². The van der Waals surface area contributed by atoms with Crippen molar-refractivity contribution in [2.75, 3.05) is 24.8 Å². The Bertz CT molecular complexity index is 648. The fourth-order valence-corrected chi connectivity index (χ4v) is 3.16. The van der Waals surface area contributed by atoms with Crippen LogP contribution in [0.2, 0.25) is 0 Å². The molecule has 1 aromatic rings. The minimum atomic E-state index is -4.33. The van der Waals surface area contributed by atoms with Crippen LogP contribution in [0, 0.1) is 5.92 Å². The number of amides is 1. The van der Waals surface area contributed by atoms with Crippen molar-refractivity contribution < 1.29 is 22.2 Å². The molecule has 0 aliphatic carbocycles. The number of hydrogen-bond donors (Lipinski definition) is 1. The van der Waals surface area contributed by atoms with Crippen molar-refractivity contribution in [3.05, 3.63) is 24.3 Å². The third kappa shape index (κ3) is 5.79. The van der Waals surface area contributed by atoms with E-state index >= 15 is 0 Å². The van der Waals surface area contributed by atoms with E-state index < -0.39 is 21.9 Å². The van der Waals surface area contributed by atoms with Crippen LogP contribution in [0.1, 0.15) is 26.2 Å². The van der Waals surface area contributed by atoms with Crippen molar-refractivity contribution in [1.29, 1.82) is 0 Å². The van der Waals surface area contributed by atoms with Gasteiger partial charge in [-0.2, -0.15) is 8.42 Å². The van der Waals surface area contributed by atoms with Gasteiger partial charge in [0.2, 0.25) is 0 Å². The summed E-state index contributed by atoms with van der Waals surface area (Å²) in [6.45, 7) is 4.03. The Morgan fingerprint density at radius 3 is 2.29 bits per heavy atom. The van der Waals surface area contributed by atoms with E-state index in [1.54, 1.807) is 6.92 Å². The van der Waals surface area contributed by atoms with Crippen LogP contribution in [0.3, 0.4) is 0 Å². The van der Waals surface area contributed by atoms with Gasteiger partial charge < -0.3 is 4.90 Å². The number of hydrogen-bond acceptors (Lipinski definition) is 4. The molecule has 0 bridgehead atoms. The number of benzene rings is 1. The zero-order chi connectivity index (χ0) is 17.0. The van der Waals surface area contributed by atoms with Crippen LogP contribution in [0.4, 0.5) is 10.2 Å². The molecule has 1 aliphatic heterocycles. The topological polar surface area (TPSA) is 77.9 Å². The summed E-state index contributed by atoms with van der Waals surface area (Å²) in [6.07, 6.45) is 3.38. The van der Waals surface area contributed by atoms with Gasteiger partial charge in [-0.25, -0.2) is 0 Å². The van der Waals surface area contributed by atoms with Crippen LogP contribution >= 0.6 is 0 Å². The number of rotatable bonds is 5. The first-order valence-electron chi connectivity index (χ1n) is 7.58. The fourth-order valence-electron chi connectivity index (χ4n) is 2.68. The molecule has 1 atom stereocenters. The SMILES string of the molecule is CC(CN1CCCCC1)C(=O)N(F)c1ccc(S(=O)(=O)O)cc1.[NaH]. The zero-order valence-corrected chi connectivity index (χ0v) is 13.8. The molecule has 1 aromatic carbocycles. The van der Waals surface area contributed by atoms with Gasteiger partial charge in [0.1, 0.15) is 0 Å². The molecule has 1 saturated heterocycles. The van der Waals surface area contributed by atoms with Crippen molar-refractivity contribution in [2.24, 2.45) is 5.92 Å². The molecule has 2 rings (SSSR count). The Labute approximate surface area is 164 Å². The van der Waals surface area contributed by atoms with E-state index in [1.165, 1.54) is 6.42 Å². The molecular weight excluding hydrogens is 346 g/mol. The van der Waals surface area contributed by atoms with Gasteiger partial charge >= 0.3 is 29.6 Å². The van der Waals surface area contributed by atoms with Crippen LogP contribution in [0.15, 0.2) is 29.2 Å². The standard InChI is InChI=1S/C15H21FN2O4S.Na.H/c1-12(11-17-9-3-2-4-10-17)15(19)18(16)13-5-7-14(8-6-13)23(20,21)22;;/h5-8,12H,2-4,9-11H2,1H3,(H,20,21,22);;. The van der Waals surface area contributed by atoms with Crippen LogP contribution in [-0.2, 0) is 14.9 Å². The van der Waals surface area contributed by atoms with Crippen LogP contribution < -0.4 is 5.12 Å². The van der Waals surface area contributed by atoms with Gasteiger partial charge in [-0.3, -0.25) is 9.35 Å². The van der Waals surface area contributed by atoms with Crippen molar-refractivity contribution >= 4 is 51.3 Å². The summed E-state index contributed by atoms with van der Waals surface area (Å²) >= 11 is 0. The monoisotopic (exact) mass is 368 g/mol. The average molecular weight is 368 g/mol. The maximum absolute atomic E-state index is 14.2. The molecule has 130 valence electrons. The van der Waals surface area contributed by atoms with Crippen LogP contribution in [-0.4, -0.2) is 73.0 Å². The van der Waals surface area contributed by atoms with Crippen molar-refractivity contribution in [2.45, 2.75) is 31.1 Å². The summed E-state index contributed by atoms with van der Waals surface area (Å²) in [4.78, 5) is 14.0. The normalized spacial score (nSPS) is 17.0. The summed E-state index contributed by atoms with van der Waals surface area (Å²) in [5.41, 5.74) is -0.0621. The quantitative estimate of drug-likeness (QED) is 0.486. The number of nitrogens with zero attached hydrogens (tertiary/aromatic N) is 2. The first-order chi connectivity index (χ1) is 10.8. The molecule has 6 nitrogen and oxygen atoms in total. The molecule has 24 heavy (non-hydrogen) atoms. The third-order valence-corrected chi connectivity index (χ3v) is 4.82. The molecule has 1 N–H and O–H groups in total. The summed E-state index contributed by atoms with van der Waals surface area (Å²) in [5.74, 6) is -1.17. The zero-order valence-electron chi connectivity index (χ0n) is 13.0. The molecule has 0 spiro atoms. The summed E-state index contributed by atoms with van der Waals surface area (Å²) in [6, 6.07) is 4.41. The molecule has 1 aliphatic rings. The van der Waals surface area contributed by atoms with E-state index in [1.807, 2.05) is 0 Å². The average Bonchev–Trinajstić information content (AvgIpc) is 2.53. The van der Waals surface area contributed by atoms with Crippen molar-refractivity contribution in [3.63, 3.8) is 0 Å². The van der Waals surface area contributed by atoms with Crippen molar-refractivity contribution in [1.82, 2.24) is 4.90 Å². The first kappa shape index (κ1) is 21.5. The molecule has 9 heteroatoms.